The Morgan fingerprint density at radius 3 is 2.84 bits per heavy atom. The second-order valence-corrected chi connectivity index (χ2v) is 10.6. The van der Waals surface area contributed by atoms with Crippen molar-refractivity contribution in [2.24, 2.45) is 0 Å². The Hall–Kier alpha value is -2.17. The van der Waals surface area contributed by atoms with Crippen LogP contribution in [0.2, 0.25) is 0 Å². The van der Waals surface area contributed by atoms with Crippen LogP contribution in [0.15, 0.2) is 45.2 Å². The van der Waals surface area contributed by atoms with Gasteiger partial charge in [0.15, 0.2) is 5.16 Å². The molecule has 0 bridgehead atoms. The average Bonchev–Trinajstić information content (AvgIpc) is 3.38. The highest BCUT2D eigenvalue weighted by atomic mass is 32.2. The van der Waals surface area contributed by atoms with Crippen LogP contribution in [-0.4, -0.2) is 36.7 Å². The maximum atomic E-state index is 13.2. The Morgan fingerprint density at radius 2 is 2.10 bits per heavy atom. The predicted molar refractivity (Wildman–Crippen MR) is 126 cm³/mol. The van der Waals surface area contributed by atoms with Crippen LogP contribution < -0.4 is 10.9 Å². The molecule has 0 aliphatic carbocycles. The first-order valence-electron chi connectivity index (χ1n) is 10.1. The average molecular weight is 474 g/mol. The molecule has 7 nitrogen and oxygen atoms in total. The molecule has 31 heavy (non-hydrogen) atoms. The highest BCUT2D eigenvalue weighted by Crippen LogP contribution is 2.34. The predicted octanol–water partition coefficient (Wildman–Crippen LogP) is 3.67. The first-order valence-corrected chi connectivity index (χ1v) is 12.8. The molecule has 1 aliphatic rings. The van der Waals surface area contributed by atoms with E-state index in [1.54, 1.807) is 16.3 Å². The molecule has 3 heterocycles. The summed E-state index contributed by atoms with van der Waals surface area (Å²) in [6.07, 6.45) is 2.29. The van der Waals surface area contributed by atoms with Gasteiger partial charge in [-0.25, -0.2) is 4.98 Å². The minimum absolute atomic E-state index is 0.00472. The van der Waals surface area contributed by atoms with Crippen molar-refractivity contribution in [1.82, 2.24) is 19.7 Å². The number of hydrogen-bond donors (Lipinski definition) is 1. The van der Waals surface area contributed by atoms with Gasteiger partial charge in [0.25, 0.3) is 5.56 Å². The number of benzene rings is 1. The van der Waals surface area contributed by atoms with Crippen LogP contribution in [0.1, 0.15) is 30.1 Å². The van der Waals surface area contributed by atoms with Crippen molar-refractivity contribution in [2.45, 2.75) is 55.0 Å². The minimum Gasteiger partial charge on any atom is -0.300 e. The molecule has 0 saturated carbocycles. The van der Waals surface area contributed by atoms with Crippen LogP contribution in [0.4, 0.5) is 5.13 Å². The molecule has 0 fully saturated rings. The molecule has 0 spiro atoms. The second-order valence-electron chi connectivity index (χ2n) is 7.19. The number of rotatable bonds is 8. The molecule has 1 amide bonds. The van der Waals surface area contributed by atoms with Gasteiger partial charge in [0, 0.05) is 18.2 Å². The zero-order valence-electron chi connectivity index (χ0n) is 17.3. The lowest BCUT2D eigenvalue weighted by molar-refractivity contribution is -0.113. The Labute approximate surface area is 193 Å². The Balaban J connectivity index is 1.51. The number of anilines is 1. The normalized spacial score (nSPS) is 15.1. The van der Waals surface area contributed by atoms with Crippen LogP contribution in [0.5, 0.6) is 0 Å². The number of carbonyl (C=O) groups is 1. The van der Waals surface area contributed by atoms with Crippen molar-refractivity contribution in [2.75, 3.05) is 11.1 Å². The number of aromatic nitrogens is 4. The van der Waals surface area contributed by atoms with E-state index in [0.717, 1.165) is 40.4 Å². The highest BCUT2D eigenvalue weighted by molar-refractivity contribution is 8.00. The van der Waals surface area contributed by atoms with Gasteiger partial charge in [-0.1, -0.05) is 67.3 Å². The van der Waals surface area contributed by atoms with Gasteiger partial charge < -0.3 is 0 Å². The Kier molecular flexibility index (Phi) is 7.09. The lowest BCUT2D eigenvalue weighted by Crippen LogP contribution is -2.27. The fourth-order valence-corrected chi connectivity index (χ4v) is 5.91. The van der Waals surface area contributed by atoms with Crippen LogP contribution >= 0.6 is 34.9 Å². The van der Waals surface area contributed by atoms with Gasteiger partial charge >= 0.3 is 0 Å². The number of nitrogens with zero attached hydrogens (tertiary/aromatic N) is 4. The smallest absolute Gasteiger partial charge is 0.268 e. The van der Waals surface area contributed by atoms with Gasteiger partial charge in [-0.15, -0.1) is 22.0 Å². The summed E-state index contributed by atoms with van der Waals surface area (Å²) in [6, 6.07) is 10.1. The summed E-state index contributed by atoms with van der Waals surface area (Å²) >= 11 is 4.26. The van der Waals surface area contributed by atoms with Gasteiger partial charge in [0.2, 0.25) is 11.0 Å². The third kappa shape index (κ3) is 5.36. The molecule has 0 saturated heterocycles. The SMILES string of the molecule is CCc1nnc(NC(=O)CSc2nc3c(c(=O)n2CCc2ccccc2)SC(C)C3)s1. The zero-order valence-corrected chi connectivity index (χ0v) is 19.8. The van der Waals surface area contributed by atoms with Gasteiger partial charge in [-0.2, -0.15) is 0 Å². The van der Waals surface area contributed by atoms with E-state index in [1.165, 1.54) is 23.1 Å². The molecule has 1 atom stereocenters. The summed E-state index contributed by atoms with van der Waals surface area (Å²) in [5.41, 5.74) is 2.00. The van der Waals surface area contributed by atoms with Gasteiger partial charge in [0.1, 0.15) is 5.01 Å². The van der Waals surface area contributed by atoms with Crippen LogP contribution in [-0.2, 0) is 30.6 Å². The van der Waals surface area contributed by atoms with Crippen LogP contribution in [0.3, 0.4) is 0 Å². The molecule has 3 aromatic rings. The number of fused-ring (bicyclic) bond motifs is 1. The summed E-state index contributed by atoms with van der Waals surface area (Å²) < 4.78 is 1.72. The zero-order chi connectivity index (χ0) is 21.8. The van der Waals surface area contributed by atoms with E-state index in [1.807, 2.05) is 25.1 Å². The number of nitrogens with one attached hydrogen (secondary N) is 1. The lowest BCUT2D eigenvalue weighted by atomic mass is 10.1. The summed E-state index contributed by atoms with van der Waals surface area (Å²) in [5.74, 6) is -0.0313. The molecule has 1 unspecified atom stereocenters. The summed E-state index contributed by atoms with van der Waals surface area (Å²) in [7, 11) is 0. The van der Waals surface area contributed by atoms with E-state index in [2.05, 4.69) is 34.6 Å². The quantitative estimate of drug-likeness (QED) is 0.394. The van der Waals surface area contributed by atoms with E-state index in [0.29, 0.717) is 22.1 Å². The number of thioether (sulfide) groups is 2. The van der Waals surface area contributed by atoms with Gasteiger partial charge in [0.05, 0.1) is 16.3 Å². The molecule has 4 rings (SSSR count). The van der Waals surface area contributed by atoms with Crippen LogP contribution in [0, 0.1) is 0 Å². The second kappa shape index (κ2) is 9.97. The van der Waals surface area contributed by atoms with E-state index in [4.69, 9.17) is 4.98 Å². The monoisotopic (exact) mass is 473 g/mol. The fraction of sp³-hybridized carbons (Fsp3) is 0.381. The topological polar surface area (TPSA) is 89.8 Å². The molecule has 0 radical (unpaired) electrons. The molecular formula is C21H23N5O2S3. The molecular weight excluding hydrogens is 450 g/mol. The lowest BCUT2D eigenvalue weighted by Gasteiger charge is -2.13. The van der Waals surface area contributed by atoms with Crippen molar-refractivity contribution in [3.05, 3.63) is 57.0 Å². The minimum atomic E-state index is -0.184. The van der Waals surface area contributed by atoms with E-state index >= 15 is 0 Å². The molecule has 2 aromatic heterocycles. The molecule has 1 aromatic carbocycles. The summed E-state index contributed by atoms with van der Waals surface area (Å²) in [5, 5.41) is 13.1. The first kappa shape index (κ1) is 22.0. The maximum Gasteiger partial charge on any atom is 0.268 e. The van der Waals surface area contributed by atoms with Crippen molar-refractivity contribution >= 4 is 45.9 Å². The van der Waals surface area contributed by atoms with Crippen molar-refractivity contribution in [3.63, 3.8) is 0 Å². The summed E-state index contributed by atoms with van der Waals surface area (Å²) in [6.45, 7) is 4.63. The standard InChI is InChI=1S/C21H23N5O2S3/c1-3-17-24-25-20(31-17)23-16(27)12-29-21-22-15-11-13(2)30-18(15)19(28)26(21)10-9-14-7-5-4-6-8-14/h4-8,13H,3,9-12H2,1-2H3,(H,23,25,27). The summed E-state index contributed by atoms with van der Waals surface area (Å²) in [4.78, 5) is 31.1. The van der Waals surface area contributed by atoms with Crippen molar-refractivity contribution < 1.29 is 4.79 Å². The Bertz CT molecular complexity index is 1130. The van der Waals surface area contributed by atoms with E-state index in [9.17, 15) is 9.59 Å². The van der Waals surface area contributed by atoms with Crippen molar-refractivity contribution in [1.29, 1.82) is 0 Å². The number of amides is 1. The maximum absolute atomic E-state index is 13.2. The number of aryl methyl sites for hydroxylation is 2. The van der Waals surface area contributed by atoms with E-state index in [-0.39, 0.29) is 17.2 Å². The molecule has 10 heteroatoms. The highest BCUT2D eigenvalue weighted by Gasteiger charge is 2.26. The van der Waals surface area contributed by atoms with Gasteiger partial charge in [-0.05, 0) is 18.4 Å². The van der Waals surface area contributed by atoms with E-state index < -0.39 is 0 Å². The van der Waals surface area contributed by atoms with Crippen LogP contribution in [0.25, 0.3) is 0 Å². The number of hydrogen-bond acceptors (Lipinski definition) is 8. The molecule has 1 aliphatic heterocycles. The largest absolute Gasteiger partial charge is 0.300 e. The molecule has 1 N–H and O–H groups in total. The third-order valence-electron chi connectivity index (χ3n) is 4.78. The fourth-order valence-electron chi connectivity index (χ4n) is 3.26. The Morgan fingerprint density at radius 1 is 1.29 bits per heavy atom. The van der Waals surface area contributed by atoms with Crippen molar-refractivity contribution in [3.8, 4) is 0 Å². The number of carbonyl (C=O) groups excluding carboxylic acids is 1. The van der Waals surface area contributed by atoms with Gasteiger partial charge in [-0.3, -0.25) is 19.5 Å². The molecule has 162 valence electrons. The third-order valence-corrected chi connectivity index (χ3v) is 7.95. The first-order chi connectivity index (χ1) is 15.0.